The first-order chi connectivity index (χ1) is 8.56. The van der Waals surface area contributed by atoms with E-state index in [0.717, 1.165) is 25.0 Å². The van der Waals surface area contributed by atoms with E-state index in [0.29, 0.717) is 11.5 Å². The Bertz CT molecular complexity index is 610. The molecule has 1 aliphatic rings. The second-order valence-electron chi connectivity index (χ2n) is 4.80. The molecule has 6 heteroatoms. The maximum atomic E-state index is 13.6. The standard InChI is InChI=1S/C12H14ClFN4/c1-17-3-2-7(6-17)18-11-5-9(14)8(13)4-10(11)16-12(18)15/h4-5,7H,2-3,6H2,1H3,(H2,15,16). The summed E-state index contributed by atoms with van der Waals surface area (Å²) in [5, 5.41) is 0.0793. The largest absolute Gasteiger partial charge is 0.369 e. The van der Waals surface area contributed by atoms with Gasteiger partial charge in [0.05, 0.1) is 22.1 Å². The molecule has 0 spiro atoms. The number of likely N-dealkylation sites (tertiary alicyclic amines) is 1. The molecule has 2 heterocycles. The molecule has 0 aliphatic carbocycles. The van der Waals surface area contributed by atoms with Crippen LogP contribution in [0.4, 0.5) is 10.3 Å². The molecule has 3 rings (SSSR count). The van der Waals surface area contributed by atoms with Gasteiger partial charge in [-0.05, 0) is 26.1 Å². The van der Waals surface area contributed by atoms with Crippen LogP contribution in [0.15, 0.2) is 12.1 Å². The number of nitrogen functional groups attached to an aromatic ring is 1. The minimum Gasteiger partial charge on any atom is -0.369 e. The first kappa shape index (κ1) is 11.7. The Hall–Kier alpha value is -1.33. The quantitative estimate of drug-likeness (QED) is 0.863. The molecule has 1 saturated heterocycles. The van der Waals surface area contributed by atoms with Gasteiger partial charge >= 0.3 is 0 Å². The minimum atomic E-state index is -0.434. The molecular formula is C12H14ClFN4. The zero-order valence-corrected chi connectivity index (χ0v) is 10.8. The molecule has 18 heavy (non-hydrogen) atoms. The van der Waals surface area contributed by atoms with Crippen molar-refractivity contribution in [1.82, 2.24) is 14.5 Å². The van der Waals surface area contributed by atoms with E-state index in [2.05, 4.69) is 16.9 Å². The summed E-state index contributed by atoms with van der Waals surface area (Å²) < 4.78 is 15.5. The van der Waals surface area contributed by atoms with Crippen molar-refractivity contribution in [3.05, 3.63) is 23.0 Å². The number of hydrogen-bond donors (Lipinski definition) is 1. The van der Waals surface area contributed by atoms with Crippen molar-refractivity contribution in [3.8, 4) is 0 Å². The lowest BCUT2D eigenvalue weighted by atomic mass is 10.2. The number of nitrogens with two attached hydrogens (primary N) is 1. The summed E-state index contributed by atoms with van der Waals surface area (Å²) in [7, 11) is 2.06. The van der Waals surface area contributed by atoms with Gasteiger partial charge in [-0.15, -0.1) is 0 Å². The van der Waals surface area contributed by atoms with Gasteiger partial charge in [0, 0.05) is 12.6 Å². The Kier molecular flexibility index (Phi) is 2.68. The summed E-state index contributed by atoms with van der Waals surface area (Å²) in [5.74, 6) is -0.0105. The predicted octanol–water partition coefficient (Wildman–Crippen LogP) is 2.29. The zero-order chi connectivity index (χ0) is 12.9. The van der Waals surface area contributed by atoms with Gasteiger partial charge in [0.1, 0.15) is 5.82 Å². The number of halogens is 2. The van der Waals surface area contributed by atoms with E-state index in [1.54, 1.807) is 0 Å². The maximum absolute atomic E-state index is 13.6. The second kappa shape index (κ2) is 4.10. The molecule has 1 aromatic carbocycles. The molecule has 1 unspecified atom stereocenters. The third-order valence-electron chi connectivity index (χ3n) is 3.49. The van der Waals surface area contributed by atoms with Crippen LogP contribution in [0.5, 0.6) is 0 Å². The Morgan fingerprint density at radius 1 is 1.50 bits per heavy atom. The summed E-state index contributed by atoms with van der Waals surface area (Å²) in [6.07, 6.45) is 0.996. The van der Waals surface area contributed by atoms with Crippen molar-refractivity contribution in [3.63, 3.8) is 0 Å². The summed E-state index contributed by atoms with van der Waals surface area (Å²) >= 11 is 5.76. The van der Waals surface area contributed by atoms with Crippen LogP contribution in [-0.2, 0) is 0 Å². The van der Waals surface area contributed by atoms with Crippen molar-refractivity contribution in [2.45, 2.75) is 12.5 Å². The number of benzene rings is 1. The van der Waals surface area contributed by atoms with Crippen LogP contribution in [-0.4, -0.2) is 34.6 Å². The molecule has 1 aromatic heterocycles. The van der Waals surface area contributed by atoms with Crippen molar-refractivity contribution < 1.29 is 4.39 Å². The molecule has 1 fully saturated rings. The van der Waals surface area contributed by atoms with Gasteiger partial charge in [-0.25, -0.2) is 9.37 Å². The average Bonchev–Trinajstić information content (AvgIpc) is 2.83. The number of aromatic nitrogens is 2. The van der Waals surface area contributed by atoms with E-state index in [9.17, 15) is 4.39 Å². The molecule has 2 aromatic rings. The molecule has 4 nitrogen and oxygen atoms in total. The highest BCUT2D eigenvalue weighted by Crippen LogP contribution is 2.31. The predicted molar refractivity (Wildman–Crippen MR) is 70.3 cm³/mol. The first-order valence-corrected chi connectivity index (χ1v) is 6.25. The molecule has 1 atom stereocenters. The van der Waals surface area contributed by atoms with Crippen LogP contribution in [0.25, 0.3) is 11.0 Å². The normalized spacial score (nSPS) is 20.9. The maximum Gasteiger partial charge on any atom is 0.201 e. The fourth-order valence-corrected chi connectivity index (χ4v) is 2.77. The van der Waals surface area contributed by atoms with Crippen molar-refractivity contribution >= 4 is 28.6 Å². The lowest BCUT2D eigenvalue weighted by Gasteiger charge is -2.15. The summed E-state index contributed by atoms with van der Waals surface area (Å²) in [4.78, 5) is 6.48. The van der Waals surface area contributed by atoms with E-state index in [1.807, 2.05) is 4.57 Å². The van der Waals surface area contributed by atoms with Crippen LogP contribution < -0.4 is 5.73 Å². The number of fused-ring (bicyclic) bond motifs is 1. The zero-order valence-electron chi connectivity index (χ0n) is 10.0. The van der Waals surface area contributed by atoms with Crippen LogP contribution in [0.1, 0.15) is 12.5 Å². The number of hydrogen-bond acceptors (Lipinski definition) is 3. The van der Waals surface area contributed by atoms with Gasteiger partial charge in [0.2, 0.25) is 5.95 Å². The highest BCUT2D eigenvalue weighted by Gasteiger charge is 2.25. The lowest BCUT2D eigenvalue weighted by Crippen LogP contribution is -2.17. The molecule has 96 valence electrons. The highest BCUT2D eigenvalue weighted by atomic mass is 35.5. The van der Waals surface area contributed by atoms with Crippen LogP contribution >= 0.6 is 11.6 Å². The number of imidazole rings is 1. The Labute approximate surface area is 109 Å². The van der Waals surface area contributed by atoms with Crippen molar-refractivity contribution in [2.24, 2.45) is 0 Å². The average molecular weight is 269 g/mol. The van der Waals surface area contributed by atoms with Gasteiger partial charge in [-0.2, -0.15) is 0 Å². The van der Waals surface area contributed by atoms with Crippen LogP contribution in [0.3, 0.4) is 0 Å². The second-order valence-corrected chi connectivity index (χ2v) is 5.21. The van der Waals surface area contributed by atoms with E-state index in [1.165, 1.54) is 12.1 Å². The molecular weight excluding hydrogens is 255 g/mol. The van der Waals surface area contributed by atoms with Gasteiger partial charge in [-0.3, -0.25) is 0 Å². The molecule has 0 bridgehead atoms. The van der Waals surface area contributed by atoms with E-state index in [4.69, 9.17) is 17.3 Å². The molecule has 1 aliphatic heterocycles. The minimum absolute atomic E-state index is 0.0793. The molecule has 0 radical (unpaired) electrons. The van der Waals surface area contributed by atoms with Gasteiger partial charge in [0.15, 0.2) is 0 Å². The van der Waals surface area contributed by atoms with Gasteiger partial charge < -0.3 is 15.2 Å². The lowest BCUT2D eigenvalue weighted by molar-refractivity contribution is 0.395. The van der Waals surface area contributed by atoms with E-state index < -0.39 is 5.82 Å². The Balaban J connectivity index is 2.16. The number of nitrogens with zero attached hydrogens (tertiary/aromatic N) is 3. The van der Waals surface area contributed by atoms with Gasteiger partial charge in [0.25, 0.3) is 0 Å². The summed E-state index contributed by atoms with van der Waals surface area (Å²) in [5.41, 5.74) is 7.31. The monoisotopic (exact) mass is 268 g/mol. The summed E-state index contributed by atoms with van der Waals surface area (Å²) in [6, 6.07) is 3.19. The fourth-order valence-electron chi connectivity index (χ4n) is 2.62. The van der Waals surface area contributed by atoms with Crippen molar-refractivity contribution in [2.75, 3.05) is 25.9 Å². The van der Waals surface area contributed by atoms with Crippen LogP contribution in [0, 0.1) is 5.82 Å². The molecule has 2 N–H and O–H groups in total. The summed E-state index contributed by atoms with van der Waals surface area (Å²) in [6.45, 7) is 1.92. The fraction of sp³-hybridized carbons (Fsp3) is 0.417. The molecule has 0 amide bonds. The Morgan fingerprint density at radius 2 is 2.28 bits per heavy atom. The first-order valence-electron chi connectivity index (χ1n) is 5.87. The highest BCUT2D eigenvalue weighted by molar-refractivity contribution is 6.31. The third kappa shape index (κ3) is 1.74. The number of likely N-dealkylation sites (N-methyl/N-ethyl adjacent to an activating group) is 1. The third-order valence-corrected chi connectivity index (χ3v) is 3.78. The van der Waals surface area contributed by atoms with Gasteiger partial charge in [-0.1, -0.05) is 11.6 Å². The Morgan fingerprint density at radius 3 is 2.94 bits per heavy atom. The SMILES string of the molecule is CN1CCC(n2c(N)nc3cc(Cl)c(F)cc32)C1. The van der Waals surface area contributed by atoms with Crippen LogP contribution in [0.2, 0.25) is 5.02 Å². The topological polar surface area (TPSA) is 47.1 Å². The number of rotatable bonds is 1. The molecule has 0 saturated carbocycles. The van der Waals surface area contributed by atoms with Crippen molar-refractivity contribution in [1.29, 1.82) is 0 Å². The van der Waals surface area contributed by atoms with E-state index >= 15 is 0 Å². The smallest absolute Gasteiger partial charge is 0.201 e. The number of anilines is 1. The van der Waals surface area contributed by atoms with E-state index in [-0.39, 0.29) is 11.1 Å².